The van der Waals surface area contributed by atoms with Gasteiger partial charge in [-0.2, -0.15) is 18.4 Å². The number of nitrogens with zero attached hydrogens (tertiary/aromatic N) is 4. The van der Waals surface area contributed by atoms with Crippen molar-refractivity contribution in [3.05, 3.63) is 105 Å². The molecule has 1 N–H and O–H groups in total. The van der Waals surface area contributed by atoms with Gasteiger partial charge in [0.25, 0.3) is 0 Å². The highest BCUT2D eigenvalue weighted by Gasteiger charge is 2.35. The first-order valence-electron chi connectivity index (χ1n) is 12.3. The molecular weight excluding hydrogens is 546 g/mol. The second-order valence-corrected chi connectivity index (χ2v) is 9.76. The van der Waals surface area contributed by atoms with Gasteiger partial charge in [-0.15, -0.1) is 0 Å². The molecule has 0 unspecified atom stereocenters. The Morgan fingerprint density at radius 2 is 1.95 bits per heavy atom. The molecule has 0 fully saturated rings. The van der Waals surface area contributed by atoms with E-state index in [4.69, 9.17) is 16.9 Å². The van der Waals surface area contributed by atoms with Gasteiger partial charge in [-0.25, -0.2) is 14.2 Å². The predicted molar refractivity (Wildman–Crippen MR) is 143 cm³/mol. The lowest BCUT2D eigenvalue weighted by atomic mass is 10.0. The second-order valence-electron chi connectivity index (χ2n) is 9.38. The molecule has 11 heteroatoms. The molecule has 4 aromatic rings. The van der Waals surface area contributed by atoms with Gasteiger partial charge in [-0.1, -0.05) is 35.9 Å². The number of rotatable bonds is 5. The van der Waals surface area contributed by atoms with Gasteiger partial charge in [0.2, 0.25) is 0 Å². The van der Waals surface area contributed by atoms with Gasteiger partial charge in [-0.05, 0) is 53.1 Å². The summed E-state index contributed by atoms with van der Waals surface area (Å²) in [7, 11) is 0. The Bertz CT molecular complexity index is 1650. The number of carbonyl (C=O) groups excluding carboxylic acids is 1. The molecule has 5 rings (SSSR count). The number of hydrogen-bond acceptors (Lipinski definition) is 4. The lowest BCUT2D eigenvalue weighted by molar-refractivity contribution is -0.137. The molecule has 2 aromatic carbocycles. The molecule has 2 aromatic heterocycles. The third-order valence-electron chi connectivity index (χ3n) is 6.76. The zero-order valence-electron chi connectivity index (χ0n) is 21.0. The fourth-order valence-corrected chi connectivity index (χ4v) is 5.06. The van der Waals surface area contributed by atoms with Crippen molar-refractivity contribution in [2.45, 2.75) is 25.7 Å². The molecule has 6 nitrogen and oxygen atoms in total. The van der Waals surface area contributed by atoms with Crippen LogP contribution in [0.15, 0.2) is 60.8 Å². The number of halogens is 5. The topological polar surface area (TPSA) is 74.0 Å². The minimum atomic E-state index is -4.78. The van der Waals surface area contributed by atoms with Crippen LogP contribution in [0.4, 0.5) is 22.4 Å². The number of pyridine rings is 1. The van der Waals surface area contributed by atoms with Gasteiger partial charge in [0.1, 0.15) is 11.0 Å². The molecule has 0 radical (unpaired) electrons. The van der Waals surface area contributed by atoms with Crippen LogP contribution in [0.2, 0.25) is 5.15 Å². The van der Waals surface area contributed by atoms with Gasteiger partial charge >= 0.3 is 12.2 Å². The van der Waals surface area contributed by atoms with Gasteiger partial charge in [0.15, 0.2) is 0 Å². The highest BCUT2D eigenvalue weighted by Crippen LogP contribution is 2.38. The summed E-state index contributed by atoms with van der Waals surface area (Å²) in [5, 5.41) is 11.9. The van der Waals surface area contributed by atoms with Crippen LogP contribution < -0.4 is 5.32 Å². The summed E-state index contributed by atoms with van der Waals surface area (Å²) in [6.45, 7) is 1.33. The number of alkyl halides is 3. The molecule has 0 spiro atoms. The first-order valence-corrected chi connectivity index (χ1v) is 12.7. The average molecular weight is 568 g/mol. The van der Waals surface area contributed by atoms with E-state index in [0.29, 0.717) is 48.0 Å². The lowest BCUT2D eigenvalue weighted by Crippen LogP contribution is -2.34. The maximum Gasteiger partial charge on any atom is 0.416 e. The second kappa shape index (κ2) is 11.1. The van der Waals surface area contributed by atoms with Crippen LogP contribution in [-0.4, -0.2) is 33.6 Å². The summed E-state index contributed by atoms with van der Waals surface area (Å²) in [6, 6.07) is 13.0. The fourth-order valence-electron chi connectivity index (χ4n) is 4.86. The van der Waals surface area contributed by atoms with Crippen LogP contribution in [0, 0.1) is 17.1 Å². The van der Waals surface area contributed by atoms with Crippen LogP contribution in [0.3, 0.4) is 0 Å². The van der Waals surface area contributed by atoms with Gasteiger partial charge in [0.05, 0.1) is 22.7 Å². The molecule has 1 amide bonds. The quantitative estimate of drug-likeness (QED) is 0.219. The first-order chi connectivity index (χ1) is 19.1. The number of amides is 1. The number of nitriles is 1. The number of carbonyl (C=O) groups is 1. The lowest BCUT2D eigenvalue weighted by Gasteiger charge is -2.27. The summed E-state index contributed by atoms with van der Waals surface area (Å²) < 4.78 is 57.2. The molecule has 3 heterocycles. The molecule has 0 saturated heterocycles. The summed E-state index contributed by atoms with van der Waals surface area (Å²) in [5.74, 6) is -1.02. The van der Waals surface area contributed by atoms with Crippen LogP contribution >= 0.6 is 11.6 Å². The van der Waals surface area contributed by atoms with E-state index in [1.165, 1.54) is 6.20 Å². The molecule has 0 aliphatic carbocycles. The van der Waals surface area contributed by atoms with E-state index < -0.39 is 23.6 Å². The Labute approximate surface area is 232 Å². The van der Waals surface area contributed by atoms with Crippen LogP contribution in [-0.2, 0) is 25.7 Å². The molecular formula is C29H22ClF4N5O. The van der Waals surface area contributed by atoms with Gasteiger partial charge in [-0.3, -0.25) is 9.47 Å². The number of benzene rings is 2. The zero-order chi connectivity index (χ0) is 28.4. The van der Waals surface area contributed by atoms with E-state index >= 15 is 4.39 Å². The van der Waals surface area contributed by atoms with Gasteiger partial charge in [0, 0.05) is 49.9 Å². The Balaban J connectivity index is 1.45. The van der Waals surface area contributed by atoms with Crippen molar-refractivity contribution in [1.29, 1.82) is 5.26 Å². The molecule has 1 aliphatic rings. The summed E-state index contributed by atoms with van der Waals surface area (Å²) >= 11 is 5.91. The van der Waals surface area contributed by atoms with Crippen molar-refractivity contribution in [1.82, 2.24) is 19.8 Å². The highest BCUT2D eigenvalue weighted by atomic mass is 35.5. The maximum absolute atomic E-state index is 15.3. The third-order valence-corrected chi connectivity index (χ3v) is 6.96. The molecule has 0 bridgehead atoms. The number of aromatic nitrogens is 2. The van der Waals surface area contributed by atoms with Crippen molar-refractivity contribution in [3.63, 3.8) is 0 Å². The SMILES string of the molecule is N#Cc1ccc(C=CCN2CCc3c(c4c(F)cc(C(F)(F)F)cc4n3C(=O)NCc3ccnc(Cl)c3)C2)cc1. The third kappa shape index (κ3) is 5.71. The smallest absolute Gasteiger partial charge is 0.333 e. The Morgan fingerprint density at radius 1 is 1.18 bits per heavy atom. The minimum absolute atomic E-state index is 0.00544. The monoisotopic (exact) mass is 567 g/mol. The fraction of sp³-hybridized carbons (Fsp3) is 0.207. The Kier molecular flexibility index (Phi) is 7.61. The van der Waals surface area contributed by atoms with E-state index in [1.54, 1.807) is 24.3 Å². The van der Waals surface area contributed by atoms with E-state index in [0.717, 1.165) is 16.2 Å². The summed E-state index contributed by atoms with van der Waals surface area (Å²) in [4.78, 5) is 19.2. The maximum atomic E-state index is 15.3. The standard InChI is InChI=1S/C29H22ClF4N5O/c30-26-12-20(7-9-36-26)16-37-28(40)39-24-8-11-38(10-1-2-18-3-5-19(15-35)6-4-18)17-22(24)27-23(31)13-21(14-25(27)39)29(32,33)34/h1-7,9,12-14H,8,10-11,16-17H2,(H,37,40). The normalized spacial score (nSPS) is 13.9. The summed E-state index contributed by atoms with van der Waals surface area (Å²) in [6.07, 6.45) is 0.860. The average Bonchev–Trinajstić information content (AvgIpc) is 3.26. The van der Waals surface area contributed by atoms with Crippen molar-refractivity contribution < 1.29 is 22.4 Å². The molecule has 1 aliphatic heterocycles. The van der Waals surface area contributed by atoms with E-state index in [2.05, 4.69) is 16.4 Å². The molecule has 0 atom stereocenters. The minimum Gasteiger partial charge on any atom is -0.333 e. The first kappa shape index (κ1) is 27.4. The molecule has 0 saturated carbocycles. The van der Waals surface area contributed by atoms with Crippen LogP contribution in [0.1, 0.15) is 33.5 Å². The Morgan fingerprint density at radius 3 is 2.65 bits per heavy atom. The zero-order valence-corrected chi connectivity index (χ0v) is 21.7. The molecule has 40 heavy (non-hydrogen) atoms. The summed E-state index contributed by atoms with van der Waals surface area (Å²) in [5.41, 5.74) is 1.79. The number of nitrogens with one attached hydrogen (secondary N) is 1. The van der Waals surface area contributed by atoms with Crippen molar-refractivity contribution >= 4 is 34.6 Å². The largest absolute Gasteiger partial charge is 0.416 e. The van der Waals surface area contributed by atoms with E-state index in [1.807, 2.05) is 29.2 Å². The van der Waals surface area contributed by atoms with E-state index in [-0.39, 0.29) is 29.1 Å². The Hall–Kier alpha value is -4.20. The van der Waals surface area contributed by atoms with Crippen molar-refractivity contribution in [3.8, 4) is 6.07 Å². The number of fused-ring (bicyclic) bond motifs is 3. The predicted octanol–water partition coefficient (Wildman–Crippen LogP) is 6.55. The molecule has 204 valence electrons. The van der Waals surface area contributed by atoms with Crippen LogP contribution in [0.25, 0.3) is 17.0 Å². The highest BCUT2D eigenvalue weighted by molar-refractivity contribution is 6.29. The number of hydrogen-bond donors (Lipinski definition) is 1. The van der Waals surface area contributed by atoms with E-state index in [9.17, 15) is 18.0 Å². The van der Waals surface area contributed by atoms with Crippen molar-refractivity contribution in [2.24, 2.45) is 0 Å². The van der Waals surface area contributed by atoms with Crippen molar-refractivity contribution in [2.75, 3.05) is 13.1 Å². The van der Waals surface area contributed by atoms with Crippen LogP contribution in [0.5, 0.6) is 0 Å². The van der Waals surface area contributed by atoms with Gasteiger partial charge < -0.3 is 5.32 Å².